The number of nitrogens with two attached hydrogens (primary N) is 1. The largest absolute Gasteiger partial charge is 0.330 e. The molecule has 2 rings (SSSR count). The van der Waals surface area contributed by atoms with Crippen molar-refractivity contribution in [1.82, 2.24) is 15.0 Å². The molecule has 84 valence electrons. The summed E-state index contributed by atoms with van der Waals surface area (Å²) in [6.45, 7) is 4.79. The fourth-order valence-electron chi connectivity index (χ4n) is 1.66. The average Bonchev–Trinajstić information content (AvgIpc) is 2.71. The molecule has 0 radical (unpaired) electrons. The van der Waals surface area contributed by atoms with E-state index < -0.39 is 0 Å². The lowest BCUT2D eigenvalue weighted by Gasteiger charge is -2.06. The maximum atomic E-state index is 5.49. The van der Waals surface area contributed by atoms with Crippen LogP contribution in [0.4, 0.5) is 0 Å². The summed E-state index contributed by atoms with van der Waals surface area (Å²) in [6, 6.07) is 6.17. The van der Waals surface area contributed by atoms with Crippen LogP contribution in [-0.4, -0.2) is 21.5 Å². The zero-order valence-corrected chi connectivity index (χ0v) is 9.64. The van der Waals surface area contributed by atoms with Crippen molar-refractivity contribution in [2.75, 3.05) is 6.54 Å². The SMILES string of the molecule is Cc1cccc(-n2cc(CCN)nn2)c1C. The highest BCUT2D eigenvalue weighted by Gasteiger charge is 2.05. The third kappa shape index (κ3) is 1.97. The molecule has 0 amide bonds. The van der Waals surface area contributed by atoms with E-state index in [4.69, 9.17) is 5.73 Å². The van der Waals surface area contributed by atoms with E-state index in [1.165, 1.54) is 11.1 Å². The van der Waals surface area contributed by atoms with Gasteiger partial charge >= 0.3 is 0 Å². The van der Waals surface area contributed by atoms with Crippen LogP contribution in [0.25, 0.3) is 5.69 Å². The number of nitrogens with zero attached hydrogens (tertiary/aromatic N) is 3. The van der Waals surface area contributed by atoms with E-state index in [0.717, 1.165) is 17.8 Å². The first-order valence-corrected chi connectivity index (χ1v) is 5.40. The normalized spacial score (nSPS) is 10.7. The van der Waals surface area contributed by atoms with Gasteiger partial charge in [0.15, 0.2) is 0 Å². The number of rotatable bonds is 3. The summed E-state index contributed by atoms with van der Waals surface area (Å²) >= 11 is 0. The molecule has 1 aromatic carbocycles. The van der Waals surface area contributed by atoms with Gasteiger partial charge in [-0.25, -0.2) is 4.68 Å². The molecule has 0 bridgehead atoms. The molecule has 0 saturated heterocycles. The van der Waals surface area contributed by atoms with Crippen molar-refractivity contribution in [3.05, 3.63) is 41.2 Å². The van der Waals surface area contributed by atoms with Crippen molar-refractivity contribution in [2.45, 2.75) is 20.3 Å². The molecular weight excluding hydrogens is 200 g/mol. The molecule has 0 atom stereocenters. The quantitative estimate of drug-likeness (QED) is 0.843. The Kier molecular flexibility index (Phi) is 3.01. The molecule has 2 N–H and O–H groups in total. The topological polar surface area (TPSA) is 56.7 Å². The highest BCUT2D eigenvalue weighted by atomic mass is 15.4. The van der Waals surface area contributed by atoms with Gasteiger partial charge in [0.1, 0.15) is 0 Å². The molecule has 0 saturated carbocycles. The summed E-state index contributed by atoms with van der Waals surface area (Å²) in [5.41, 5.74) is 9.98. The molecule has 0 aliphatic rings. The summed E-state index contributed by atoms with van der Waals surface area (Å²) in [6.07, 6.45) is 2.71. The van der Waals surface area contributed by atoms with Crippen LogP contribution >= 0.6 is 0 Å². The maximum absolute atomic E-state index is 5.49. The molecule has 1 heterocycles. The van der Waals surface area contributed by atoms with Crippen LogP contribution in [0.15, 0.2) is 24.4 Å². The second-order valence-electron chi connectivity index (χ2n) is 3.91. The van der Waals surface area contributed by atoms with Gasteiger partial charge in [0, 0.05) is 6.42 Å². The van der Waals surface area contributed by atoms with E-state index in [1.807, 2.05) is 23.0 Å². The summed E-state index contributed by atoms with van der Waals surface area (Å²) in [7, 11) is 0. The summed E-state index contributed by atoms with van der Waals surface area (Å²) in [4.78, 5) is 0. The molecule has 0 aliphatic heterocycles. The molecule has 4 heteroatoms. The Balaban J connectivity index is 2.39. The highest BCUT2D eigenvalue weighted by Crippen LogP contribution is 2.16. The first kappa shape index (κ1) is 10.8. The Morgan fingerprint density at radius 3 is 2.88 bits per heavy atom. The smallest absolute Gasteiger partial charge is 0.0844 e. The van der Waals surface area contributed by atoms with Crippen LogP contribution in [0.2, 0.25) is 0 Å². The zero-order valence-electron chi connectivity index (χ0n) is 9.64. The highest BCUT2D eigenvalue weighted by molar-refractivity contribution is 5.43. The summed E-state index contributed by atoms with van der Waals surface area (Å²) in [5, 5.41) is 8.20. The van der Waals surface area contributed by atoms with E-state index in [9.17, 15) is 0 Å². The maximum Gasteiger partial charge on any atom is 0.0844 e. The van der Waals surface area contributed by atoms with E-state index in [2.05, 4.69) is 30.2 Å². The van der Waals surface area contributed by atoms with Crippen molar-refractivity contribution in [3.63, 3.8) is 0 Å². The first-order valence-electron chi connectivity index (χ1n) is 5.40. The molecule has 0 spiro atoms. The van der Waals surface area contributed by atoms with Gasteiger partial charge in [0.05, 0.1) is 17.6 Å². The monoisotopic (exact) mass is 216 g/mol. The number of aromatic nitrogens is 3. The Morgan fingerprint density at radius 1 is 1.31 bits per heavy atom. The molecule has 2 aromatic rings. The Labute approximate surface area is 95.1 Å². The number of aryl methyl sites for hydroxylation is 1. The molecule has 4 nitrogen and oxygen atoms in total. The lowest BCUT2D eigenvalue weighted by molar-refractivity contribution is 0.790. The van der Waals surface area contributed by atoms with Crippen LogP contribution in [0.5, 0.6) is 0 Å². The molecule has 0 aliphatic carbocycles. The van der Waals surface area contributed by atoms with Crippen LogP contribution in [-0.2, 0) is 6.42 Å². The summed E-state index contributed by atoms with van der Waals surface area (Å²) in [5.74, 6) is 0. The van der Waals surface area contributed by atoms with Crippen molar-refractivity contribution in [1.29, 1.82) is 0 Å². The van der Waals surface area contributed by atoms with Gasteiger partial charge in [-0.2, -0.15) is 0 Å². The second-order valence-corrected chi connectivity index (χ2v) is 3.91. The third-order valence-electron chi connectivity index (χ3n) is 2.76. The molecular formula is C12H16N4. The standard InChI is InChI=1S/C12H16N4/c1-9-4-3-5-12(10(9)2)16-8-11(6-7-13)14-15-16/h3-5,8H,6-7,13H2,1-2H3. The minimum atomic E-state index is 0.603. The van der Waals surface area contributed by atoms with Crippen LogP contribution in [0.3, 0.4) is 0 Å². The molecule has 16 heavy (non-hydrogen) atoms. The number of benzene rings is 1. The predicted molar refractivity (Wildman–Crippen MR) is 63.6 cm³/mol. The Morgan fingerprint density at radius 2 is 2.12 bits per heavy atom. The Hall–Kier alpha value is -1.68. The zero-order chi connectivity index (χ0) is 11.5. The van der Waals surface area contributed by atoms with E-state index in [-0.39, 0.29) is 0 Å². The van der Waals surface area contributed by atoms with Gasteiger partial charge in [-0.3, -0.25) is 0 Å². The fourth-order valence-corrected chi connectivity index (χ4v) is 1.66. The van der Waals surface area contributed by atoms with Crippen molar-refractivity contribution < 1.29 is 0 Å². The lowest BCUT2D eigenvalue weighted by Crippen LogP contribution is -2.02. The van der Waals surface area contributed by atoms with Crippen LogP contribution < -0.4 is 5.73 Å². The van der Waals surface area contributed by atoms with Gasteiger partial charge in [-0.1, -0.05) is 17.3 Å². The molecule has 0 unspecified atom stereocenters. The minimum Gasteiger partial charge on any atom is -0.330 e. The van der Waals surface area contributed by atoms with Crippen molar-refractivity contribution in [2.24, 2.45) is 5.73 Å². The van der Waals surface area contributed by atoms with Gasteiger partial charge in [0.25, 0.3) is 0 Å². The first-order chi connectivity index (χ1) is 7.72. The number of hydrogen-bond donors (Lipinski definition) is 1. The fraction of sp³-hybridized carbons (Fsp3) is 0.333. The van der Waals surface area contributed by atoms with Crippen LogP contribution in [0.1, 0.15) is 16.8 Å². The van der Waals surface area contributed by atoms with Crippen molar-refractivity contribution in [3.8, 4) is 5.69 Å². The van der Waals surface area contributed by atoms with Crippen molar-refractivity contribution >= 4 is 0 Å². The van der Waals surface area contributed by atoms with Gasteiger partial charge in [-0.15, -0.1) is 5.10 Å². The molecule has 0 fully saturated rings. The second kappa shape index (κ2) is 4.45. The van der Waals surface area contributed by atoms with Gasteiger partial charge < -0.3 is 5.73 Å². The van der Waals surface area contributed by atoms with Gasteiger partial charge in [0.2, 0.25) is 0 Å². The minimum absolute atomic E-state index is 0.603. The lowest BCUT2D eigenvalue weighted by atomic mass is 10.1. The average molecular weight is 216 g/mol. The van der Waals surface area contributed by atoms with E-state index in [0.29, 0.717) is 6.54 Å². The number of hydrogen-bond acceptors (Lipinski definition) is 3. The van der Waals surface area contributed by atoms with Crippen LogP contribution in [0, 0.1) is 13.8 Å². The summed E-state index contributed by atoms with van der Waals surface area (Å²) < 4.78 is 1.81. The predicted octanol–water partition coefficient (Wildman–Crippen LogP) is 1.39. The third-order valence-corrected chi connectivity index (χ3v) is 2.76. The Bertz CT molecular complexity index is 488. The van der Waals surface area contributed by atoms with Gasteiger partial charge in [-0.05, 0) is 37.6 Å². The molecule has 1 aromatic heterocycles. The van der Waals surface area contributed by atoms with E-state index in [1.54, 1.807) is 0 Å². The van der Waals surface area contributed by atoms with E-state index >= 15 is 0 Å².